The van der Waals surface area contributed by atoms with Gasteiger partial charge in [0.1, 0.15) is 11.6 Å². The van der Waals surface area contributed by atoms with Gasteiger partial charge in [-0.05, 0) is 49.4 Å². The summed E-state index contributed by atoms with van der Waals surface area (Å²) < 4.78 is 40.8. The summed E-state index contributed by atoms with van der Waals surface area (Å²) in [4.78, 5) is 30.2. The Morgan fingerprint density at radius 3 is 2.50 bits per heavy atom. The molecule has 1 fully saturated rings. The lowest BCUT2D eigenvalue weighted by Gasteiger charge is -2.23. The van der Waals surface area contributed by atoms with E-state index in [0.29, 0.717) is 11.4 Å². The molecule has 1 saturated carbocycles. The maximum atomic E-state index is 15.0. The minimum absolute atomic E-state index is 0.0564. The molecule has 0 atom stereocenters. The van der Waals surface area contributed by atoms with Crippen molar-refractivity contribution in [3.8, 4) is 0 Å². The number of rotatable bonds is 10. The van der Waals surface area contributed by atoms with E-state index in [2.05, 4.69) is 31.1 Å². The number of nitrogens with zero attached hydrogens (tertiary/aromatic N) is 4. The summed E-state index contributed by atoms with van der Waals surface area (Å²) >= 11 is 0. The number of benzene rings is 1. The molecule has 3 N–H and O–H groups in total. The van der Waals surface area contributed by atoms with Gasteiger partial charge < -0.3 is 10.6 Å². The van der Waals surface area contributed by atoms with Crippen LogP contribution < -0.4 is 20.4 Å². The highest BCUT2D eigenvalue weighted by Gasteiger charge is 2.29. The van der Waals surface area contributed by atoms with Crippen molar-refractivity contribution in [2.75, 3.05) is 34.8 Å². The lowest BCUT2D eigenvalue weighted by molar-refractivity contribution is 0.0365. The second-order valence-corrected chi connectivity index (χ2v) is 10.2. The molecule has 2 heterocycles. The molecular weight excluding hydrogens is 489 g/mol. The number of halogens is 1. The Bertz CT molecular complexity index is 1370. The lowest BCUT2D eigenvalue weighted by Crippen LogP contribution is -2.26. The summed E-state index contributed by atoms with van der Waals surface area (Å²) in [5.41, 5.74) is 3.47. The van der Waals surface area contributed by atoms with Crippen LogP contribution in [0.25, 0.3) is 0 Å². The Balaban J connectivity index is 1.78. The normalized spacial score (nSPS) is 13.2. The topological polar surface area (TPSA) is 138 Å². The molecule has 1 aliphatic carbocycles. The number of hydrogen-bond donors (Lipinski definition) is 3. The molecule has 0 aliphatic heterocycles. The first kappa shape index (κ1) is 25.3. The van der Waals surface area contributed by atoms with Crippen molar-refractivity contribution in [2.45, 2.75) is 25.7 Å². The highest BCUT2D eigenvalue weighted by molar-refractivity contribution is 7.92. The van der Waals surface area contributed by atoms with E-state index in [1.165, 1.54) is 31.4 Å². The van der Waals surface area contributed by atoms with Crippen LogP contribution in [0.15, 0.2) is 42.9 Å². The molecule has 2 aromatic heterocycles. The number of carbonyl (C=O) groups is 1. The van der Waals surface area contributed by atoms with Crippen molar-refractivity contribution in [3.05, 3.63) is 59.8 Å². The number of hydrogen-bond acceptors (Lipinski definition) is 9. The Kier molecular flexibility index (Phi) is 7.31. The fourth-order valence-electron chi connectivity index (χ4n) is 3.45. The maximum Gasteiger partial charge on any atom is 0.278 e. The molecule has 190 valence electrons. The Morgan fingerprint density at radius 2 is 1.86 bits per heavy atom. The maximum absolute atomic E-state index is 15.0. The molecule has 11 nitrogen and oxygen atoms in total. The summed E-state index contributed by atoms with van der Waals surface area (Å²) in [6.45, 7) is 1.95. The number of anilines is 5. The molecule has 13 heteroatoms. The Labute approximate surface area is 208 Å². The smallest absolute Gasteiger partial charge is 0.278 e. The highest BCUT2D eigenvalue weighted by Crippen LogP contribution is 2.45. The summed E-state index contributed by atoms with van der Waals surface area (Å²) in [5, 5.41) is 5.95. The van der Waals surface area contributed by atoms with Gasteiger partial charge in [-0.1, -0.05) is 0 Å². The standard InChI is InChI=1S/C23H26FN7O4S/c1-4-35-30-22(32)16-13-27-21(29-23-25-8-5-9-26-23)12-18(16)28-19-11-17(24)15(14-6-7-14)10-20(19)31(2)36(3,33)34/h5,8-14H,4,6-7H2,1-3H3,(H,30,32)(H2,25,26,27,28,29). The Morgan fingerprint density at radius 1 is 1.14 bits per heavy atom. The third-order valence-electron chi connectivity index (χ3n) is 5.50. The van der Waals surface area contributed by atoms with Gasteiger partial charge in [-0.15, -0.1) is 0 Å². The van der Waals surface area contributed by atoms with Gasteiger partial charge in [-0.3, -0.25) is 13.9 Å². The van der Waals surface area contributed by atoms with Crippen molar-refractivity contribution < 1.29 is 22.4 Å². The largest absolute Gasteiger partial charge is 0.353 e. The van der Waals surface area contributed by atoms with Crippen molar-refractivity contribution in [2.24, 2.45) is 0 Å². The summed E-state index contributed by atoms with van der Waals surface area (Å²) in [6, 6.07) is 5.94. The number of aromatic nitrogens is 3. The fraction of sp³-hybridized carbons (Fsp3) is 0.304. The van der Waals surface area contributed by atoms with Gasteiger partial charge >= 0.3 is 0 Å². The van der Waals surface area contributed by atoms with Crippen molar-refractivity contribution in [3.63, 3.8) is 0 Å². The van der Waals surface area contributed by atoms with Crippen LogP contribution in [0.5, 0.6) is 0 Å². The number of sulfonamides is 1. The third-order valence-corrected chi connectivity index (χ3v) is 6.69. The first-order valence-electron chi connectivity index (χ1n) is 11.2. The average Bonchev–Trinajstić information content (AvgIpc) is 3.68. The van der Waals surface area contributed by atoms with Crippen LogP contribution in [0.2, 0.25) is 0 Å². The van der Waals surface area contributed by atoms with E-state index >= 15 is 4.39 Å². The quantitative estimate of drug-likeness (QED) is 0.347. The second kappa shape index (κ2) is 10.4. The monoisotopic (exact) mass is 515 g/mol. The zero-order chi connectivity index (χ0) is 25.9. The fourth-order valence-corrected chi connectivity index (χ4v) is 3.96. The molecule has 0 unspecified atom stereocenters. The van der Waals surface area contributed by atoms with E-state index in [-0.39, 0.29) is 41.1 Å². The number of hydroxylamine groups is 1. The molecule has 0 radical (unpaired) electrons. The molecule has 3 aromatic rings. The van der Waals surface area contributed by atoms with E-state index in [9.17, 15) is 13.2 Å². The number of carbonyl (C=O) groups excluding carboxylic acids is 1. The highest BCUT2D eigenvalue weighted by atomic mass is 32.2. The van der Waals surface area contributed by atoms with Crippen LogP contribution in [0.3, 0.4) is 0 Å². The van der Waals surface area contributed by atoms with Gasteiger partial charge in [0.05, 0.1) is 35.5 Å². The van der Waals surface area contributed by atoms with E-state index in [0.717, 1.165) is 23.4 Å². The molecule has 1 aromatic carbocycles. The molecule has 0 bridgehead atoms. The van der Waals surface area contributed by atoms with Gasteiger partial charge in [0, 0.05) is 31.7 Å². The predicted octanol–water partition coefficient (Wildman–Crippen LogP) is 3.45. The van der Waals surface area contributed by atoms with Crippen LogP contribution in [-0.4, -0.2) is 49.2 Å². The van der Waals surface area contributed by atoms with Crippen molar-refractivity contribution in [1.82, 2.24) is 20.4 Å². The molecule has 1 amide bonds. The second-order valence-electron chi connectivity index (χ2n) is 8.20. The van der Waals surface area contributed by atoms with E-state index in [4.69, 9.17) is 4.84 Å². The molecule has 1 aliphatic rings. The minimum atomic E-state index is -3.66. The van der Waals surface area contributed by atoms with E-state index in [1.807, 2.05) is 0 Å². The van der Waals surface area contributed by atoms with Gasteiger partial charge in [0.15, 0.2) is 0 Å². The first-order valence-corrected chi connectivity index (χ1v) is 13.0. The van der Waals surface area contributed by atoms with Crippen LogP contribution in [-0.2, 0) is 14.9 Å². The number of amides is 1. The molecule has 4 rings (SSSR count). The summed E-state index contributed by atoms with van der Waals surface area (Å²) in [5.74, 6) is -0.427. The third kappa shape index (κ3) is 5.86. The number of nitrogens with one attached hydrogen (secondary N) is 3. The van der Waals surface area contributed by atoms with Crippen molar-refractivity contribution in [1.29, 1.82) is 0 Å². The van der Waals surface area contributed by atoms with Gasteiger partial charge in [-0.2, -0.15) is 0 Å². The predicted molar refractivity (Wildman–Crippen MR) is 134 cm³/mol. The summed E-state index contributed by atoms with van der Waals surface area (Å²) in [7, 11) is -2.27. The first-order chi connectivity index (χ1) is 17.2. The zero-order valence-corrected chi connectivity index (χ0v) is 20.8. The average molecular weight is 516 g/mol. The molecule has 0 saturated heterocycles. The van der Waals surface area contributed by atoms with Gasteiger partial charge in [-0.25, -0.2) is 33.2 Å². The van der Waals surface area contributed by atoms with Crippen LogP contribution >= 0.6 is 0 Å². The van der Waals surface area contributed by atoms with Crippen molar-refractivity contribution >= 4 is 44.8 Å². The van der Waals surface area contributed by atoms with E-state index in [1.54, 1.807) is 25.4 Å². The Hall–Kier alpha value is -3.84. The molecule has 0 spiro atoms. The summed E-state index contributed by atoms with van der Waals surface area (Å²) in [6.07, 6.45) is 7.15. The number of pyridine rings is 1. The van der Waals surface area contributed by atoms with Crippen LogP contribution in [0, 0.1) is 5.82 Å². The molecule has 36 heavy (non-hydrogen) atoms. The van der Waals surface area contributed by atoms with Gasteiger partial charge in [0.2, 0.25) is 16.0 Å². The van der Waals surface area contributed by atoms with E-state index < -0.39 is 21.7 Å². The lowest BCUT2D eigenvalue weighted by atomic mass is 10.1. The van der Waals surface area contributed by atoms with Crippen LogP contribution in [0.1, 0.15) is 41.6 Å². The molecular formula is C23H26FN7O4S. The van der Waals surface area contributed by atoms with Crippen LogP contribution in [0.4, 0.5) is 33.2 Å². The minimum Gasteiger partial charge on any atom is -0.353 e. The zero-order valence-electron chi connectivity index (χ0n) is 19.9. The van der Waals surface area contributed by atoms with Gasteiger partial charge in [0.25, 0.3) is 5.91 Å². The SMILES string of the molecule is CCONC(=O)c1cnc(Nc2ncccn2)cc1Nc1cc(F)c(C2CC2)cc1N(C)S(C)(=O)=O.